The first-order valence-corrected chi connectivity index (χ1v) is 14.9. The van der Waals surface area contributed by atoms with Gasteiger partial charge in [-0.1, -0.05) is 94.0 Å². The van der Waals surface area contributed by atoms with Gasteiger partial charge in [-0.3, -0.25) is 0 Å². The lowest BCUT2D eigenvalue weighted by atomic mass is 10.0. The molecule has 0 radical (unpaired) electrons. The Bertz CT molecular complexity index is 458. The minimum absolute atomic E-state index is 0.766. The normalized spacial score (nSPS) is 30.4. The van der Waals surface area contributed by atoms with Crippen molar-refractivity contribution in [3.05, 3.63) is 42.5 Å². The van der Waals surface area contributed by atoms with E-state index in [2.05, 4.69) is 76.0 Å². The number of benzene rings is 1. The van der Waals surface area contributed by atoms with Crippen molar-refractivity contribution in [1.82, 2.24) is 0 Å². The lowest BCUT2D eigenvalue weighted by Gasteiger charge is -2.51. The minimum Gasteiger partial charge on any atom is -0.0908 e. The highest BCUT2D eigenvalue weighted by atomic mass is 29.3. The maximum atomic E-state index is 2.63. The molecule has 110 valence electrons. The van der Waals surface area contributed by atoms with Crippen LogP contribution >= 0.6 is 0 Å². The molecule has 0 unspecified atom stereocenters. The highest BCUT2D eigenvalue weighted by molar-refractivity contribution is 7.46. The first kappa shape index (κ1) is 15.8. The zero-order chi connectivity index (χ0) is 14.8. The van der Waals surface area contributed by atoms with Crippen molar-refractivity contribution in [3.8, 4) is 0 Å². The van der Waals surface area contributed by atoms with Crippen molar-refractivity contribution in [2.24, 2.45) is 5.92 Å². The molecule has 0 saturated carbocycles. The van der Waals surface area contributed by atoms with E-state index in [1.165, 1.54) is 18.9 Å². The lowest BCUT2D eigenvalue weighted by molar-refractivity contribution is 0.575. The molecule has 20 heavy (non-hydrogen) atoms. The van der Waals surface area contributed by atoms with Crippen LogP contribution in [0.4, 0.5) is 0 Å². The Labute approximate surface area is 127 Å². The van der Waals surface area contributed by atoms with Crippen LogP contribution in [-0.4, -0.2) is 15.2 Å². The Hall–Kier alpha value is -0.606. The van der Waals surface area contributed by atoms with Crippen LogP contribution in [0.15, 0.2) is 42.5 Å². The first-order chi connectivity index (χ1) is 9.43. The molecule has 2 heteroatoms. The highest BCUT2D eigenvalue weighted by Gasteiger charge is 2.53. The Morgan fingerprint density at radius 1 is 1.15 bits per heavy atom. The van der Waals surface area contributed by atoms with Gasteiger partial charge in [-0.15, -0.1) is 0 Å². The van der Waals surface area contributed by atoms with Crippen LogP contribution in [0.3, 0.4) is 0 Å². The largest absolute Gasteiger partial charge is 0.0908 e. The second-order valence-electron chi connectivity index (χ2n) is 7.47. The van der Waals surface area contributed by atoms with E-state index in [0.29, 0.717) is 0 Å². The summed E-state index contributed by atoms with van der Waals surface area (Å²) < 4.78 is 0. The molecule has 1 heterocycles. The van der Waals surface area contributed by atoms with Crippen LogP contribution in [-0.2, 0) is 0 Å². The van der Waals surface area contributed by atoms with Crippen molar-refractivity contribution in [2.75, 3.05) is 0 Å². The SMILES string of the molecule is CCC[C@H]1[C@H](C)C=CC[Si@@]1(c1ccccc1)[Si](C)(C)C. The maximum Gasteiger partial charge on any atom is 0.0867 e. The molecule has 0 saturated heterocycles. The van der Waals surface area contributed by atoms with Gasteiger partial charge in [-0.2, -0.15) is 0 Å². The molecule has 1 aromatic rings. The number of allylic oxidation sites excluding steroid dienone is 2. The van der Waals surface area contributed by atoms with Crippen molar-refractivity contribution in [1.29, 1.82) is 0 Å². The molecule has 0 nitrogen and oxygen atoms in total. The summed E-state index contributed by atoms with van der Waals surface area (Å²) in [5.74, 6) is 0.766. The number of rotatable bonds is 4. The predicted octanol–water partition coefficient (Wildman–Crippen LogP) is 5.14. The molecule has 1 aliphatic heterocycles. The summed E-state index contributed by atoms with van der Waals surface area (Å²) >= 11 is 0. The second-order valence-corrected chi connectivity index (χ2v) is 22.8. The fourth-order valence-corrected chi connectivity index (χ4v) is 20.9. The molecule has 0 spiro atoms. The van der Waals surface area contributed by atoms with E-state index >= 15 is 0 Å². The van der Waals surface area contributed by atoms with Crippen molar-refractivity contribution in [3.63, 3.8) is 0 Å². The van der Waals surface area contributed by atoms with Gasteiger partial charge in [0, 0.05) is 7.59 Å². The molecule has 3 atom stereocenters. The van der Waals surface area contributed by atoms with E-state index < -0.39 is 15.2 Å². The van der Waals surface area contributed by atoms with Crippen LogP contribution in [0.1, 0.15) is 26.7 Å². The third-order valence-electron chi connectivity index (χ3n) is 5.37. The Morgan fingerprint density at radius 2 is 1.80 bits per heavy atom. The molecule has 1 aromatic carbocycles. The monoisotopic (exact) mass is 302 g/mol. The van der Waals surface area contributed by atoms with E-state index in [0.717, 1.165) is 11.5 Å². The van der Waals surface area contributed by atoms with Crippen molar-refractivity contribution >= 4 is 20.4 Å². The summed E-state index contributed by atoms with van der Waals surface area (Å²) in [7, 11) is -2.62. The van der Waals surface area contributed by atoms with Gasteiger partial charge in [0.2, 0.25) is 0 Å². The Morgan fingerprint density at radius 3 is 2.35 bits per heavy atom. The van der Waals surface area contributed by atoms with E-state index in [-0.39, 0.29) is 0 Å². The van der Waals surface area contributed by atoms with E-state index in [1.54, 1.807) is 5.19 Å². The predicted molar refractivity (Wildman–Crippen MR) is 96.9 cm³/mol. The molecular formula is C18H30Si2. The molecule has 0 aromatic heterocycles. The molecular weight excluding hydrogens is 272 g/mol. The first-order valence-electron chi connectivity index (χ1n) is 8.15. The quantitative estimate of drug-likeness (QED) is 0.534. The summed E-state index contributed by atoms with van der Waals surface area (Å²) in [6.07, 6.45) is 7.76. The Balaban J connectivity index is 2.60. The summed E-state index contributed by atoms with van der Waals surface area (Å²) in [6, 6.07) is 13.0. The fraction of sp³-hybridized carbons (Fsp3) is 0.556. The zero-order valence-corrected chi connectivity index (χ0v) is 15.8. The van der Waals surface area contributed by atoms with E-state index in [1.807, 2.05) is 0 Å². The average molecular weight is 303 g/mol. The fourth-order valence-electron chi connectivity index (χ4n) is 4.39. The maximum absolute atomic E-state index is 2.63. The molecule has 0 bridgehead atoms. The van der Waals surface area contributed by atoms with Crippen LogP contribution in [0.2, 0.25) is 31.2 Å². The van der Waals surface area contributed by atoms with Gasteiger partial charge < -0.3 is 0 Å². The smallest absolute Gasteiger partial charge is 0.0867 e. The standard InChI is InChI=1S/C18H30Si2/c1-6-11-18-16(2)12-10-15-20(18,19(3,4)5)17-13-8-7-9-14-17/h7-10,12-14,16,18H,6,11,15H2,1-5H3/t16-,18+,20+/m1/s1. The third-order valence-corrected chi connectivity index (χ3v) is 23.0. The van der Waals surface area contributed by atoms with Gasteiger partial charge in [-0.05, 0) is 17.5 Å². The summed E-state index contributed by atoms with van der Waals surface area (Å²) in [5, 5.41) is 1.73. The number of hydrogen-bond donors (Lipinski definition) is 0. The molecule has 2 rings (SSSR count). The molecule has 1 aliphatic rings. The van der Waals surface area contributed by atoms with Gasteiger partial charge in [0.25, 0.3) is 0 Å². The molecule has 0 amide bonds. The minimum atomic E-state index is -1.42. The van der Waals surface area contributed by atoms with Gasteiger partial charge in [-0.25, -0.2) is 0 Å². The van der Waals surface area contributed by atoms with Gasteiger partial charge >= 0.3 is 0 Å². The molecule has 0 N–H and O–H groups in total. The second kappa shape index (κ2) is 6.02. The Kier molecular flexibility index (Phi) is 4.75. The van der Waals surface area contributed by atoms with Crippen LogP contribution in [0.25, 0.3) is 0 Å². The van der Waals surface area contributed by atoms with Crippen molar-refractivity contribution in [2.45, 2.75) is 57.9 Å². The van der Waals surface area contributed by atoms with Gasteiger partial charge in [0.1, 0.15) is 0 Å². The molecule has 0 aliphatic carbocycles. The van der Waals surface area contributed by atoms with Gasteiger partial charge in [0.05, 0.1) is 7.59 Å². The lowest BCUT2D eigenvalue weighted by Crippen LogP contribution is -2.69. The van der Waals surface area contributed by atoms with E-state index in [4.69, 9.17) is 0 Å². The van der Waals surface area contributed by atoms with E-state index in [9.17, 15) is 0 Å². The van der Waals surface area contributed by atoms with Crippen molar-refractivity contribution < 1.29 is 0 Å². The number of hydrogen-bond acceptors (Lipinski definition) is 0. The third kappa shape index (κ3) is 2.60. The summed E-state index contributed by atoms with van der Waals surface area (Å²) in [5.41, 5.74) is 0.937. The van der Waals surface area contributed by atoms with Crippen LogP contribution in [0, 0.1) is 5.92 Å². The van der Waals surface area contributed by atoms with Gasteiger partial charge in [0.15, 0.2) is 0 Å². The molecule has 0 fully saturated rings. The van der Waals surface area contributed by atoms with Crippen LogP contribution < -0.4 is 5.19 Å². The van der Waals surface area contributed by atoms with Crippen LogP contribution in [0.5, 0.6) is 0 Å². The summed E-state index contributed by atoms with van der Waals surface area (Å²) in [6.45, 7) is 12.7. The summed E-state index contributed by atoms with van der Waals surface area (Å²) in [4.78, 5) is 0. The topological polar surface area (TPSA) is 0 Å². The zero-order valence-electron chi connectivity index (χ0n) is 13.8. The average Bonchev–Trinajstić information content (AvgIpc) is 2.41. The highest BCUT2D eigenvalue weighted by Crippen LogP contribution is 2.45.